The van der Waals surface area contributed by atoms with Gasteiger partial charge in [-0.15, -0.1) is 11.3 Å². The van der Waals surface area contributed by atoms with E-state index in [-0.39, 0.29) is 5.91 Å². The minimum atomic E-state index is -0.211. The predicted molar refractivity (Wildman–Crippen MR) is 81.1 cm³/mol. The maximum atomic E-state index is 11.7. The molecule has 2 aromatic heterocycles. The summed E-state index contributed by atoms with van der Waals surface area (Å²) in [4.78, 5) is 16.7. The van der Waals surface area contributed by atoms with Crippen molar-refractivity contribution in [1.29, 1.82) is 0 Å². The summed E-state index contributed by atoms with van der Waals surface area (Å²) in [5, 5.41) is 6.85. The van der Waals surface area contributed by atoms with Crippen LogP contribution in [0.4, 0.5) is 0 Å². The van der Waals surface area contributed by atoms with Gasteiger partial charge in [0.1, 0.15) is 0 Å². The number of fused-ring (bicyclic) bond motifs is 1. The number of rotatable bonds is 3. The van der Waals surface area contributed by atoms with Crippen LogP contribution >= 0.6 is 11.3 Å². The van der Waals surface area contributed by atoms with Crippen molar-refractivity contribution in [3.8, 4) is 0 Å². The molecule has 0 fully saturated rings. The second-order valence-electron chi connectivity index (χ2n) is 4.11. The van der Waals surface area contributed by atoms with Crippen LogP contribution in [-0.2, 0) is 0 Å². The average Bonchev–Trinajstić information content (AvgIpc) is 3.01. The summed E-state index contributed by atoms with van der Waals surface area (Å²) >= 11 is 1.38. The maximum absolute atomic E-state index is 11.7. The molecule has 4 nitrogen and oxygen atoms in total. The first-order valence-electron chi connectivity index (χ1n) is 6.06. The van der Waals surface area contributed by atoms with Gasteiger partial charge in [0, 0.05) is 5.39 Å². The molecular weight excluding hydrogens is 270 g/mol. The Bertz CT molecular complexity index is 766. The van der Waals surface area contributed by atoms with Crippen LogP contribution in [0.3, 0.4) is 0 Å². The smallest absolute Gasteiger partial charge is 0.266 e. The quantitative estimate of drug-likeness (QED) is 0.592. The third kappa shape index (κ3) is 2.73. The number of thiophene rings is 1. The van der Waals surface area contributed by atoms with Gasteiger partial charge in [0.05, 0.1) is 22.3 Å². The van der Waals surface area contributed by atoms with Crippen LogP contribution in [0, 0.1) is 0 Å². The number of nitrogens with one attached hydrogen (secondary N) is 1. The summed E-state index contributed by atoms with van der Waals surface area (Å²) in [5.41, 5.74) is 4.09. The first-order chi connectivity index (χ1) is 9.83. The number of nitrogens with zero attached hydrogens (tertiary/aromatic N) is 2. The highest BCUT2D eigenvalue weighted by molar-refractivity contribution is 7.12. The van der Waals surface area contributed by atoms with Crippen molar-refractivity contribution in [2.45, 2.75) is 0 Å². The standard InChI is InChI=1S/C15H11N3OS/c19-15(14-6-3-9-20-14)18-16-10-12-8-7-11-4-1-2-5-13(11)17-12/h1-10H,(H,18,19)/b16-10+. The van der Waals surface area contributed by atoms with E-state index in [1.807, 2.05) is 47.8 Å². The van der Waals surface area contributed by atoms with Crippen molar-refractivity contribution in [2.75, 3.05) is 0 Å². The summed E-state index contributed by atoms with van der Waals surface area (Å²) in [6.45, 7) is 0. The SMILES string of the molecule is O=C(N/N=C/c1ccc2ccccc2n1)c1cccs1. The van der Waals surface area contributed by atoms with Crippen molar-refractivity contribution in [1.82, 2.24) is 10.4 Å². The number of para-hydroxylation sites is 1. The second-order valence-corrected chi connectivity index (χ2v) is 5.05. The monoisotopic (exact) mass is 281 g/mol. The summed E-state index contributed by atoms with van der Waals surface area (Å²) < 4.78 is 0. The van der Waals surface area contributed by atoms with Crippen molar-refractivity contribution < 1.29 is 4.79 Å². The Balaban J connectivity index is 1.72. The van der Waals surface area contributed by atoms with Gasteiger partial charge >= 0.3 is 0 Å². The van der Waals surface area contributed by atoms with Gasteiger partial charge in [0.2, 0.25) is 0 Å². The average molecular weight is 281 g/mol. The molecule has 5 heteroatoms. The van der Waals surface area contributed by atoms with Gasteiger partial charge in [-0.25, -0.2) is 10.4 Å². The number of amides is 1. The summed E-state index contributed by atoms with van der Waals surface area (Å²) in [6.07, 6.45) is 1.54. The van der Waals surface area contributed by atoms with Gasteiger partial charge in [0.15, 0.2) is 0 Å². The summed E-state index contributed by atoms with van der Waals surface area (Å²) in [7, 11) is 0. The summed E-state index contributed by atoms with van der Waals surface area (Å²) in [6, 6.07) is 15.3. The highest BCUT2D eigenvalue weighted by Crippen LogP contribution is 2.11. The number of benzene rings is 1. The lowest BCUT2D eigenvalue weighted by Gasteiger charge is -1.98. The van der Waals surface area contributed by atoms with E-state index in [4.69, 9.17) is 0 Å². The summed E-state index contributed by atoms with van der Waals surface area (Å²) in [5.74, 6) is -0.211. The van der Waals surface area contributed by atoms with E-state index in [9.17, 15) is 4.79 Å². The van der Waals surface area contributed by atoms with Gasteiger partial charge < -0.3 is 0 Å². The second kappa shape index (κ2) is 5.63. The number of aromatic nitrogens is 1. The molecule has 0 saturated heterocycles. The lowest BCUT2D eigenvalue weighted by molar-refractivity contribution is 0.0959. The van der Waals surface area contributed by atoms with E-state index in [1.165, 1.54) is 17.6 Å². The molecule has 0 aliphatic carbocycles. The van der Waals surface area contributed by atoms with Crippen LogP contribution in [0.5, 0.6) is 0 Å². The first-order valence-corrected chi connectivity index (χ1v) is 6.93. The largest absolute Gasteiger partial charge is 0.281 e. The normalized spacial score (nSPS) is 11.0. The minimum absolute atomic E-state index is 0.211. The molecule has 0 radical (unpaired) electrons. The zero-order valence-corrected chi connectivity index (χ0v) is 11.3. The molecule has 2 heterocycles. The molecule has 1 N–H and O–H groups in total. The van der Waals surface area contributed by atoms with E-state index >= 15 is 0 Å². The molecule has 0 aliphatic heterocycles. The lowest BCUT2D eigenvalue weighted by atomic mass is 10.2. The third-order valence-corrected chi connectivity index (χ3v) is 3.60. The number of hydrogen-bond acceptors (Lipinski definition) is 4. The van der Waals surface area contributed by atoms with Crippen LogP contribution in [0.15, 0.2) is 59.0 Å². The van der Waals surface area contributed by atoms with Crippen molar-refractivity contribution in [3.05, 3.63) is 64.5 Å². The number of carbonyl (C=O) groups is 1. The van der Waals surface area contributed by atoms with Gasteiger partial charge in [-0.05, 0) is 23.6 Å². The Morgan fingerprint density at radius 3 is 2.90 bits per heavy atom. The fourth-order valence-corrected chi connectivity index (χ4v) is 2.39. The molecule has 20 heavy (non-hydrogen) atoms. The lowest BCUT2D eigenvalue weighted by Crippen LogP contribution is -2.16. The van der Waals surface area contributed by atoms with E-state index < -0.39 is 0 Å². The molecule has 0 saturated carbocycles. The first kappa shape index (κ1) is 12.5. The van der Waals surface area contributed by atoms with Crippen molar-refractivity contribution in [3.63, 3.8) is 0 Å². The fraction of sp³-hybridized carbons (Fsp3) is 0. The highest BCUT2D eigenvalue weighted by atomic mass is 32.1. The molecule has 0 aliphatic rings. The molecule has 3 rings (SSSR count). The fourth-order valence-electron chi connectivity index (χ4n) is 1.77. The molecule has 1 amide bonds. The van der Waals surface area contributed by atoms with Crippen LogP contribution in [0.2, 0.25) is 0 Å². The van der Waals surface area contributed by atoms with Crippen LogP contribution in [0.25, 0.3) is 10.9 Å². The number of pyridine rings is 1. The van der Waals surface area contributed by atoms with Crippen LogP contribution in [-0.4, -0.2) is 17.1 Å². The van der Waals surface area contributed by atoms with E-state index in [1.54, 1.807) is 6.07 Å². The minimum Gasteiger partial charge on any atom is -0.266 e. The Morgan fingerprint density at radius 2 is 2.05 bits per heavy atom. The molecule has 0 unspecified atom stereocenters. The van der Waals surface area contributed by atoms with E-state index in [0.29, 0.717) is 10.6 Å². The van der Waals surface area contributed by atoms with E-state index in [2.05, 4.69) is 15.5 Å². The topological polar surface area (TPSA) is 54.4 Å². The number of hydrazone groups is 1. The molecule has 0 spiro atoms. The van der Waals surface area contributed by atoms with E-state index in [0.717, 1.165) is 10.9 Å². The maximum Gasteiger partial charge on any atom is 0.281 e. The molecule has 3 aromatic rings. The van der Waals surface area contributed by atoms with Crippen molar-refractivity contribution >= 4 is 34.4 Å². The van der Waals surface area contributed by atoms with Crippen LogP contribution < -0.4 is 5.43 Å². The zero-order valence-electron chi connectivity index (χ0n) is 10.5. The Morgan fingerprint density at radius 1 is 1.15 bits per heavy atom. The third-order valence-electron chi connectivity index (χ3n) is 2.73. The van der Waals surface area contributed by atoms with Crippen molar-refractivity contribution in [2.24, 2.45) is 5.10 Å². The Labute approximate surface area is 119 Å². The Kier molecular flexibility index (Phi) is 3.52. The van der Waals surface area contributed by atoms with Gasteiger partial charge in [-0.1, -0.05) is 30.3 Å². The van der Waals surface area contributed by atoms with Gasteiger partial charge in [-0.3, -0.25) is 4.79 Å². The number of hydrogen-bond donors (Lipinski definition) is 1. The predicted octanol–water partition coefficient (Wildman–Crippen LogP) is 3.06. The van der Waals surface area contributed by atoms with Crippen LogP contribution in [0.1, 0.15) is 15.4 Å². The molecule has 0 atom stereocenters. The van der Waals surface area contributed by atoms with Gasteiger partial charge in [-0.2, -0.15) is 5.10 Å². The zero-order chi connectivity index (χ0) is 13.8. The molecular formula is C15H11N3OS. The van der Waals surface area contributed by atoms with Gasteiger partial charge in [0.25, 0.3) is 5.91 Å². The molecule has 1 aromatic carbocycles. The molecule has 0 bridgehead atoms. The number of carbonyl (C=O) groups excluding carboxylic acids is 1. The highest BCUT2D eigenvalue weighted by Gasteiger charge is 2.03. The molecule has 98 valence electrons. The Hall–Kier alpha value is -2.53.